The van der Waals surface area contributed by atoms with Crippen LogP contribution in [0, 0.1) is 19.8 Å². The molecule has 1 aromatic rings. The van der Waals surface area contributed by atoms with Crippen molar-refractivity contribution in [1.29, 1.82) is 0 Å². The maximum atomic E-state index is 11.9. The number of carboxylic acid groups (broad SMARTS) is 1. The van der Waals surface area contributed by atoms with Crippen LogP contribution in [0.1, 0.15) is 42.1 Å². The second-order valence-electron chi connectivity index (χ2n) is 5.27. The highest BCUT2D eigenvalue weighted by Crippen LogP contribution is 2.25. The van der Waals surface area contributed by atoms with E-state index < -0.39 is 18.0 Å². The Hall–Kier alpha value is -1.56. The van der Waals surface area contributed by atoms with Gasteiger partial charge in [0.1, 0.15) is 6.04 Å². The lowest BCUT2D eigenvalue weighted by Crippen LogP contribution is -2.49. The lowest BCUT2D eigenvalue weighted by atomic mass is 10.1. The number of carboxylic acids is 1. The molecule has 0 aliphatic carbocycles. The van der Waals surface area contributed by atoms with E-state index in [1.54, 1.807) is 25.2 Å². The van der Waals surface area contributed by atoms with Gasteiger partial charge in [0, 0.05) is 9.75 Å². The first kappa shape index (κ1) is 16.5. The van der Waals surface area contributed by atoms with Crippen LogP contribution in [0.4, 0.5) is 4.79 Å². The minimum absolute atomic E-state index is 0.151. The average molecular weight is 298 g/mol. The van der Waals surface area contributed by atoms with Crippen molar-refractivity contribution in [3.63, 3.8) is 0 Å². The Morgan fingerprint density at radius 3 is 2.20 bits per heavy atom. The van der Waals surface area contributed by atoms with Crippen LogP contribution in [0.25, 0.3) is 0 Å². The number of amides is 2. The van der Waals surface area contributed by atoms with E-state index in [4.69, 9.17) is 5.11 Å². The van der Waals surface area contributed by atoms with Crippen LogP contribution in [0.2, 0.25) is 0 Å². The molecule has 0 aliphatic rings. The van der Waals surface area contributed by atoms with Gasteiger partial charge in [0.25, 0.3) is 0 Å². The number of carbonyl (C=O) groups excluding carboxylic acids is 1. The van der Waals surface area contributed by atoms with Crippen molar-refractivity contribution in [2.24, 2.45) is 5.92 Å². The largest absolute Gasteiger partial charge is 0.480 e. The molecule has 112 valence electrons. The molecule has 1 rings (SSSR count). The topological polar surface area (TPSA) is 78.4 Å². The second-order valence-corrected chi connectivity index (χ2v) is 6.73. The standard InChI is InChI=1S/C14H22N2O3S/c1-7(2)12(13(17)18)16-14(19)15-9(4)11-6-8(3)20-10(11)5/h6-7,9,12H,1-5H3,(H,17,18)(H2,15,16,19)/t9?,12-/m1/s1. The number of aryl methyl sites for hydroxylation is 2. The number of carbonyl (C=O) groups is 2. The van der Waals surface area contributed by atoms with Gasteiger partial charge in [-0.1, -0.05) is 13.8 Å². The highest BCUT2D eigenvalue weighted by atomic mass is 32.1. The fraction of sp³-hybridized carbons (Fsp3) is 0.571. The normalized spacial score (nSPS) is 13.9. The van der Waals surface area contributed by atoms with E-state index in [9.17, 15) is 9.59 Å². The Balaban J connectivity index is 2.66. The summed E-state index contributed by atoms with van der Waals surface area (Å²) < 4.78 is 0. The highest BCUT2D eigenvalue weighted by molar-refractivity contribution is 7.12. The fourth-order valence-electron chi connectivity index (χ4n) is 2.05. The van der Waals surface area contributed by atoms with E-state index in [2.05, 4.69) is 10.6 Å². The van der Waals surface area contributed by atoms with E-state index in [0.29, 0.717) is 0 Å². The number of aliphatic carboxylic acids is 1. The summed E-state index contributed by atoms with van der Waals surface area (Å²) in [5, 5.41) is 14.3. The van der Waals surface area contributed by atoms with Crippen LogP contribution in [0.15, 0.2) is 6.07 Å². The maximum absolute atomic E-state index is 11.9. The molecule has 0 fully saturated rings. The zero-order valence-corrected chi connectivity index (χ0v) is 13.3. The molecule has 0 aliphatic heterocycles. The monoisotopic (exact) mass is 298 g/mol. The summed E-state index contributed by atoms with van der Waals surface area (Å²) in [6, 6.07) is 0.554. The smallest absolute Gasteiger partial charge is 0.326 e. The van der Waals surface area contributed by atoms with E-state index in [1.807, 2.05) is 26.8 Å². The molecule has 1 heterocycles. The molecule has 2 atom stereocenters. The number of nitrogens with one attached hydrogen (secondary N) is 2. The SMILES string of the molecule is Cc1cc(C(C)NC(=O)N[C@@H](C(=O)O)C(C)C)c(C)s1. The zero-order valence-electron chi connectivity index (χ0n) is 12.5. The van der Waals surface area contributed by atoms with Crippen molar-refractivity contribution in [2.45, 2.75) is 46.7 Å². The lowest BCUT2D eigenvalue weighted by molar-refractivity contribution is -0.140. The first-order valence-corrected chi connectivity index (χ1v) is 7.40. The number of urea groups is 1. The van der Waals surface area contributed by atoms with Gasteiger partial charge in [-0.3, -0.25) is 0 Å². The molecule has 5 nitrogen and oxygen atoms in total. The minimum Gasteiger partial charge on any atom is -0.480 e. The summed E-state index contributed by atoms with van der Waals surface area (Å²) >= 11 is 1.68. The second kappa shape index (κ2) is 6.74. The molecule has 6 heteroatoms. The van der Waals surface area contributed by atoms with Gasteiger partial charge in [0.15, 0.2) is 0 Å². The molecule has 0 radical (unpaired) electrons. The van der Waals surface area contributed by atoms with Crippen LogP contribution in [-0.2, 0) is 4.79 Å². The minimum atomic E-state index is -1.02. The Bertz CT molecular complexity index is 497. The average Bonchev–Trinajstić information content (AvgIpc) is 2.64. The van der Waals surface area contributed by atoms with Gasteiger partial charge in [-0.15, -0.1) is 11.3 Å². The molecule has 1 aromatic heterocycles. The summed E-state index contributed by atoms with van der Waals surface area (Å²) in [6.07, 6.45) is 0. The first-order valence-electron chi connectivity index (χ1n) is 6.59. The molecule has 0 saturated heterocycles. The lowest BCUT2D eigenvalue weighted by Gasteiger charge is -2.20. The molecule has 1 unspecified atom stereocenters. The van der Waals surface area contributed by atoms with Crippen molar-refractivity contribution in [3.05, 3.63) is 21.4 Å². The fourth-order valence-corrected chi connectivity index (χ4v) is 3.07. The quantitative estimate of drug-likeness (QED) is 0.782. The molecule has 0 spiro atoms. The van der Waals surface area contributed by atoms with Gasteiger partial charge >= 0.3 is 12.0 Å². The summed E-state index contributed by atoms with van der Waals surface area (Å²) in [7, 11) is 0. The third kappa shape index (κ3) is 4.23. The van der Waals surface area contributed by atoms with Gasteiger partial charge < -0.3 is 15.7 Å². The van der Waals surface area contributed by atoms with E-state index in [1.165, 1.54) is 4.88 Å². The third-order valence-electron chi connectivity index (χ3n) is 3.11. The number of hydrogen-bond acceptors (Lipinski definition) is 3. The van der Waals surface area contributed by atoms with Gasteiger partial charge in [-0.2, -0.15) is 0 Å². The van der Waals surface area contributed by atoms with Crippen LogP contribution >= 0.6 is 11.3 Å². The number of rotatable bonds is 5. The van der Waals surface area contributed by atoms with Crippen LogP contribution in [0.3, 0.4) is 0 Å². The zero-order chi connectivity index (χ0) is 15.4. The first-order chi connectivity index (χ1) is 9.22. The van der Waals surface area contributed by atoms with Crippen molar-refractivity contribution < 1.29 is 14.7 Å². The van der Waals surface area contributed by atoms with Crippen molar-refractivity contribution in [1.82, 2.24) is 10.6 Å². The molecule has 20 heavy (non-hydrogen) atoms. The van der Waals surface area contributed by atoms with E-state index in [0.717, 1.165) is 10.4 Å². The Labute approximate surface area is 123 Å². The summed E-state index contributed by atoms with van der Waals surface area (Å²) in [4.78, 5) is 25.3. The van der Waals surface area contributed by atoms with E-state index in [-0.39, 0.29) is 12.0 Å². The Morgan fingerprint density at radius 2 is 1.80 bits per heavy atom. The van der Waals surface area contributed by atoms with Gasteiger partial charge in [0.2, 0.25) is 0 Å². The predicted molar refractivity (Wildman–Crippen MR) is 80.1 cm³/mol. The van der Waals surface area contributed by atoms with Gasteiger partial charge in [0.05, 0.1) is 6.04 Å². The molecular formula is C14H22N2O3S. The molecule has 0 aromatic carbocycles. The van der Waals surface area contributed by atoms with Crippen molar-refractivity contribution >= 4 is 23.3 Å². The third-order valence-corrected chi connectivity index (χ3v) is 4.09. The molecule has 3 N–H and O–H groups in total. The van der Waals surface area contributed by atoms with Gasteiger partial charge in [-0.25, -0.2) is 9.59 Å². The summed E-state index contributed by atoms with van der Waals surface area (Å²) in [6.45, 7) is 9.44. The predicted octanol–water partition coefficient (Wildman–Crippen LogP) is 2.83. The number of hydrogen-bond donors (Lipinski definition) is 3. The van der Waals surface area contributed by atoms with Crippen LogP contribution in [-0.4, -0.2) is 23.1 Å². The molecule has 2 amide bonds. The number of thiophene rings is 1. The molecular weight excluding hydrogens is 276 g/mol. The van der Waals surface area contributed by atoms with Crippen LogP contribution in [0.5, 0.6) is 0 Å². The van der Waals surface area contributed by atoms with Crippen molar-refractivity contribution in [2.75, 3.05) is 0 Å². The van der Waals surface area contributed by atoms with Gasteiger partial charge in [-0.05, 0) is 38.3 Å². The van der Waals surface area contributed by atoms with Crippen LogP contribution < -0.4 is 10.6 Å². The maximum Gasteiger partial charge on any atom is 0.326 e. The summed E-state index contributed by atoms with van der Waals surface area (Å²) in [5.41, 5.74) is 1.07. The Morgan fingerprint density at radius 1 is 1.20 bits per heavy atom. The summed E-state index contributed by atoms with van der Waals surface area (Å²) in [5.74, 6) is -1.19. The van der Waals surface area contributed by atoms with Crippen molar-refractivity contribution in [3.8, 4) is 0 Å². The molecule has 0 bridgehead atoms. The Kier molecular flexibility index (Phi) is 5.56. The highest BCUT2D eigenvalue weighted by Gasteiger charge is 2.24. The van der Waals surface area contributed by atoms with E-state index >= 15 is 0 Å². The molecule has 0 saturated carbocycles.